The van der Waals surface area contributed by atoms with Gasteiger partial charge in [0.15, 0.2) is 11.6 Å². The van der Waals surface area contributed by atoms with Gasteiger partial charge in [0.05, 0.1) is 4.92 Å². The van der Waals surface area contributed by atoms with Crippen LogP contribution in [0.2, 0.25) is 0 Å². The number of fused-ring (bicyclic) bond motifs is 2. The zero-order chi connectivity index (χ0) is 19.6. The highest BCUT2D eigenvalue weighted by atomic mass is 19.1. The molecule has 0 spiro atoms. The van der Waals surface area contributed by atoms with Crippen LogP contribution in [0.25, 0.3) is 0 Å². The number of hydrogen-bond acceptors (Lipinski definition) is 6. The number of ether oxygens (including phenoxy) is 2. The van der Waals surface area contributed by atoms with Crippen LogP contribution in [0.4, 0.5) is 14.5 Å². The Morgan fingerprint density at radius 2 is 1.48 bits per heavy atom. The first-order valence-corrected chi connectivity index (χ1v) is 7.87. The van der Waals surface area contributed by atoms with Gasteiger partial charge in [-0.3, -0.25) is 19.7 Å². The molecule has 2 aromatic carbocycles. The molecular weight excluding hydrogens is 364 g/mol. The number of rotatable bonds is 1. The molecule has 140 valence electrons. The minimum atomic E-state index is -0.951. The summed E-state index contributed by atoms with van der Waals surface area (Å²) in [5.74, 6) is -0.721. The maximum absolute atomic E-state index is 13.1. The Morgan fingerprint density at radius 3 is 2.11 bits per heavy atom. The van der Waals surface area contributed by atoms with Crippen molar-refractivity contribution in [2.24, 2.45) is 0 Å². The molecule has 7 nitrogen and oxygen atoms in total. The van der Waals surface area contributed by atoms with Gasteiger partial charge in [-0.2, -0.15) is 4.39 Å². The van der Waals surface area contributed by atoms with E-state index in [0.29, 0.717) is 17.7 Å². The molecule has 0 saturated heterocycles. The summed E-state index contributed by atoms with van der Waals surface area (Å²) in [6.07, 6.45) is 0.409. The van der Waals surface area contributed by atoms with E-state index in [2.05, 4.69) is 0 Å². The molecule has 0 atom stereocenters. The van der Waals surface area contributed by atoms with Crippen LogP contribution in [-0.4, -0.2) is 29.7 Å². The zero-order valence-corrected chi connectivity index (χ0v) is 13.9. The fourth-order valence-corrected chi connectivity index (χ4v) is 2.65. The number of carbonyl (C=O) groups is 2. The monoisotopic (exact) mass is 377 g/mol. The van der Waals surface area contributed by atoms with Gasteiger partial charge < -0.3 is 9.47 Å². The van der Waals surface area contributed by atoms with Gasteiger partial charge in [0, 0.05) is 42.2 Å². The van der Waals surface area contributed by atoms with Crippen molar-refractivity contribution in [3.8, 4) is 11.5 Å². The van der Waals surface area contributed by atoms with E-state index in [1.807, 2.05) is 0 Å². The highest BCUT2D eigenvalue weighted by molar-refractivity contribution is 5.85. The Labute approximate surface area is 151 Å². The molecule has 0 bridgehead atoms. The molecule has 0 N–H and O–H groups in total. The van der Waals surface area contributed by atoms with Crippen LogP contribution in [0.3, 0.4) is 0 Å². The summed E-state index contributed by atoms with van der Waals surface area (Å²) in [6, 6.07) is 6.21. The van der Waals surface area contributed by atoms with Gasteiger partial charge in [-0.25, -0.2) is 4.39 Å². The second-order valence-electron chi connectivity index (χ2n) is 5.93. The van der Waals surface area contributed by atoms with Gasteiger partial charge >= 0.3 is 5.69 Å². The first kappa shape index (κ1) is 18.4. The van der Waals surface area contributed by atoms with Crippen molar-refractivity contribution in [2.45, 2.75) is 12.8 Å². The molecule has 0 unspecified atom stereocenters. The molecule has 2 aliphatic heterocycles. The summed E-state index contributed by atoms with van der Waals surface area (Å²) in [5.41, 5.74) is 0.499. The number of ketones is 2. The van der Waals surface area contributed by atoms with Gasteiger partial charge in [0.25, 0.3) is 0 Å². The third kappa shape index (κ3) is 4.25. The van der Waals surface area contributed by atoms with Gasteiger partial charge in [0.1, 0.15) is 30.5 Å². The zero-order valence-electron chi connectivity index (χ0n) is 13.9. The largest absolute Gasteiger partial charge is 0.485 e. The average molecular weight is 377 g/mol. The lowest BCUT2D eigenvalue weighted by atomic mass is 10.0. The molecule has 4 rings (SSSR count). The normalized spacial score (nSPS) is 14.7. The van der Waals surface area contributed by atoms with Crippen molar-refractivity contribution in [1.29, 1.82) is 0 Å². The first-order chi connectivity index (χ1) is 12.8. The minimum absolute atomic E-state index is 0.0362. The standard InChI is InChI=1S/C9H6FNO4.C9H7FO2/c10-7-3-9-5(1-6(12)4-15-9)2-8(7)11(13)14;10-7-2-1-6-3-8(11)5-12-9(6)4-7/h2-3H,1,4H2;1-2,4H,3,5H2. The summed E-state index contributed by atoms with van der Waals surface area (Å²) in [6.45, 7) is -0.0410. The fraction of sp³-hybridized carbons (Fsp3) is 0.222. The number of hydrogen-bond donors (Lipinski definition) is 0. The molecule has 0 saturated carbocycles. The number of halogens is 2. The Hall–Kier alpha value is -3.36. The van der Waals surface area contributed by atoms with Gasteiger partial charge in [0.2, 0.25) is 5.82 Å². The number of nitro groups is 1. The predicted octanol–water partition coefficient (Wildman–Crippen LogP) is 2.57. The molecule has 0 fully saturated rings. The van der Waals surface area contributed by atoms with Crippen LogP contribution in [-0.2, 0) is 22.4 Å². The second-order valence-corrected chi connectivity index (χ2v) is 5.93. The SMILES string of the molecule is O=C1COc2cc(F)c([N+](=O)[O-])cc2C1.O=C1COc2cc(F)ccc2C1. The second kappa shape index (κ2) is 7.48. The molecule has 2 aliphatic rings. The summed E-state index contributed by atoms with van der Waals surface area (Å²) in [5, 5.41) is 10.4. The van der Waals surface area contributed by atoms with Crippen molar-refractivity contribution >= 4 is 17.3 Å². The van der Waals surface area contributed by atoms with Crippen LogP contribution in [0.15, 0.2) is 30.3 Å². The predicted molar refractivity (Wildman–Crippen MR) is 87.9 cm³/mol. The molecule has 27 heavy (non-hydrogen) atoms. The van der Waals surface area contributed by atoms with E-state index >= 15 is 0 Å². The molecule has 9 heteroatoms. The third-order valence-electron chi connectivity index (χ3n) is 3.91. The minimum Gasteiger partial charge on any atom is -0.485 e. The van der Waals surface area contributed by atoms with Gasteiger partial charge in [-0.15, -0.1) is 0 Å². The molecule has 2 heterocycles. The maximum atomic E-state index is 13.1. The van der Waals surface area contributed by atoms with Gasteiger partial charge in [-0.1, -0.05) is 6.07 Å². The van der Waals surface area contributed by atoms with E-state index in [9.17, 15) is 28.5 Å². The van der Waals surface area contributed by atoms with Crippen molar-refractivity contribution in [1.82, 2.24) is 0 Å². The van der Waals surface area contributed by atoms with Crippen LogP contribution >= 0.6 is 0 Å². The molecular formula is C18H13F2NO6. The molecule has 0 aliphatic carbocycles. The number of Topliss-reactive ketones (excluding diaryl/α,β-unsaturated/α-hetero) is 2. The van der Waals surface area contributed by atoms with Crippen LogP contribution < -0.4 is 9.47 Å². The summed E-state index contributed by atoms with van der Waals surface area (Å²) >= 11 is 0. The number of nitro benzene ring substituents is 1. The van der Waals surface area contributed by atoms with E-state index in [1.165, 1.54) is 12.1 Å². The Balaban J connectivity index is 0.000000159. The van der Waals surface area contributed by atoms with E-state index in [4.69, 9.17) is 9.47 Å². The number of nitrogens with zero attached hydrogens (tertiary/aromatic N) is 1. The van der Waals surface area contributed by atoms with Crippen LogP contribution in [0, 0.1) is 21.7 Å². The topological polar surface area (TPSA) is 95.7 Å². The summed E-state index contributed by atoms with van der Waals surface area (Å²) in [4.78, 5) is 31.5. The van der Waals surface area contributed by atoms with E-state index < -0.39 is 16.4 Å². The average Bonchev–Trinajstić information content (AvgIpc) is 2.62. The summed E-state index contributed by atoms with van der Waals surface area (Å²) < 4.78 is 35.7. The fourth-order valence-electron chi connectivity index (χ4n) is 2.65. The first-order valence-electron chi connectivity index (χ1n) is 7.87. The van der Waals surface area contributed by atoms with Crippen molar-refractivity contribution < 1.29 is 32.8 Å². The Morgan fingerprint density at radius 1 is 0.889 bits per heavy atom. The van der Waals surface area contributed by atoms with Crippen molar-refractivity contribution in [3.05, 3.63) is 63.2 Å². The third-order valence-corrected chi connectivity index (χ3v) is 3.91. The van der Waals surface area contributed by atoms with E-state index in [-0.39, 0.29) is 42.8 Å². The Bertz CT molecular complexity index is 944. The Kier molecular flexibility index (Phi) is 5.11. The van der Waals surface area contributed by atoms with Crippen LogP contribution in [0.1, 0.15) is 11.1 Å². The van der Waals surface area contributed by atoms with Crippen molar-refractivity contribution in [3.63, 3.8) is 0 Å². The van der Waals surface area contributed by atoms with Crippen LogP contribution in [0.5, 0.6) is 11.5 Å². The molecule has 0 radical (unpaired) electrons. The van der Waals surface area contributed by atoms with E-state index in [1.54, 1.807) is 6.07 Å². The highest BCUT2D eigenvalue weighted by Gasteiger charge is 2.23. The quantitative estimate of drug-likeness (QED) is 0.560. The smallest absolute Gasteiger partial charge is 0.305 e. The molecule has 2 aromatic rings. The number of carbonyl (C=O) groups excluding carboxylic acids is 2. The van der Waals surface area contributed by atoms with E-state index in [0.717, 1.165) is 17.7 Å². The highest BCUT2D eigenvalue weighted by Crippen LogP contribution is 2.30. The lowest BCUT2D eigenvalue weighted by Crippen LogP contribution is -2.20. The number of benzene rings is 2. The summed E-state index contributed by atoms with van der Waals surface area (Å²) in [7, 11) is 0. The molecule has 0 aromatic heterocycles. The van der Waals surface area contributed by atoms with Crippen molar-refractivity contribution in [2.75, 3.05) is 13.2 Å². The molecule has 0 amide bonds. The van der Waals surface area contributed by atoms with Gasteiger partial charge in [-0.05, 0) is 6.07 Å². The lowest BCUT2D eigenvalue weighted by molar-refractivity contribution is -0.387. The maximum Gasteiger partial charge on any atom is 0.305 e. The lowest BCUT2D eigenvalue weighted by Gasteiger charge is -2.15.